The maximum Gasteiger partial charge on any atom is 0.253 e. The Balaban J connectivity index is 1.41. The lowest BCUT2D eigenvalue weighted by Crippen LogP contribution is -2.49. The van der Waals surface area contributed by atoms with Crippen molar-refractivity contribution >= 4 is 11.6 Å². The Morgan fingerprint density at radius 3 is 2.58 bits per heavy atom. The molecule has 2 aromatic rings. The SMILES string of the molecule is CCN(c1cccc2c1C/C=C/CCc1cc(C)[nH]c(=O)c1CNC2=O)[C@H]1CC[C@H](N2CCC2)CC1. The fraction of sp³-hybridized carbons (Fsp3) is 0.533. The number of likely N-dealkylation sites (tertiary alicyclic amines) is 1. The first-order valence-corrected chi connectivity index (χ1v) is 13.8. The highest BCUT2D eigenvalue weighted by molar-refractivity contribution is 5.97. The van der Waals surface area contributed by atoms with Crippen molar-refractivity contribution in [3.63, 3.8) is 0 Å². The molecule has 0 unspecified atom stereocenters. The summed E-state index contributed by atoms with van der Waals surface area (Å²) in [4.78, 5) is 34.2. The molecule has 5 rings (SSSR count). The van der Waals surface area contributed by atoms with Gasteiger partial charge in [-0.15, -0.1) is 0 Å². The van der Waals surface area contributed by atoms with Crippen LogP contribution < -0.4 is 15.8 Å². The molecule has 0 radical (unpaired) electrons. The molecule has 1 aromatic heterocycles. The van der Waals surface area contributed by atoms with E-state index < -0.39 is 0 Å². The third-order valence-electron chi connectivity index (χ3n) is 8.42. The average molecular weight is 489 g/mol. The molecule has 1 aromatic carbocycles. The molecular weight excluding hydrogens is 448 g/mol. The Kier molecular flexibility index (Phi) is 7.61. The largest absolute Gasteiger partial charge is 0.369 e. The van der Waals surface area contributed by atoms with Gasteiger partial charge in [0.2, 0.25) is 0 Å². The van der Waals surface area contributed by atoms with E-state index in [1.807, 2.05) is 25.1 Å². The summed E-state index contributed by atoms with van der Waals surface area (Å²) in [7, 11) is 0. The molecule has 1 amide bonds. The lowest BCUT2D eigenvalue weighted by atomic mass is 9.87. The number of benzene rings is 1. The molecule has 3 heterocycles. The Labute approximate surface area is 214 Å². The molecule has 0 atom stereocenters. The van der Waals surface area contributed by atoms with Crippen molar-refractivity contribution in [3.05, 3.63) is 74.7 Å². The van der Waals surface area contributed by atoms with Crippen LogP contribution in [-0.4, -0.2) is 47.5 Å². The number of anilines is 1. The summed E-state index contributed by atoms with van der Waals surface area (Å²) in [6.45, 7) is 7.86. The van der Waals surface area contributed by atoms with E-state index in [1.165, 1.54) is 50.9 Å². The topological polar surface area (TPSA) is 68.4 Å². The predicted octanol–water partition coefficient (Wildman–Crippen LogP) is 4.50. The second kappa shape index (κ2) is 11.0. The summed E-state index contributed by atoms with van der Waals surface area (Å²) in [6, 6.07) is 9.45. The molecule has 0 spiro atoms. The van der Waals surface area contributed by atoms with Crippen LogP contribution in [0.25, 0.3) is 0 Å². The van der Waals surface area contributed by atoms with Gasteiger partial charge in [-0.3, -0.25) is 9.59 Å². The number of pyridine rings is 1. The van der Waals surface area contributed by atoms with Gasteiger partial charge < -0.3 is 20.1 Å². The first kappa shape index (κ1) is 24.8. The molecule has 1 saturated carbocycles. The van der Waals surface area contributed by atoms with E-state index >= 15 is 0 Å². The summed E-state index contributed by atoms with van der Waals surface area (Å²) < 4.78 is 0. The molecule has 1 saturated heterocycles. The molecule has 2 aliphatic heterocycles. The van der Waals surface area contributed by atoms with E-state index in [1.54, 1.807) is 0 Å². The Hall–Kier alpha value is -2.86. The number of hydrogen-bond acceptors (Lipinski definition) is 4. The third kappa shape index (κ3) is 5.15. The van der Waals surface area contributed by atoms with Gasteiger partial charge >= 0.3 is 0 Å². The Morgan fingerprint density at radius 2 is 1.86 bits per heavy atom. The molecular formula is C30H40N4O2. The van der Waals surface area contributed by atoms with Gasteiger partial charge in [0, 0.05) is 47.7 Å². The number of nitrogens with zero attached hydrogens (tertiary/aromatic N) is 2. The smallest absolute Gasteiger partial charge is 0.253 e. The standard InChI is InChI=1S/C30H40N4O2/c1-3-34(24-15-13-23(14-16-24)33-17-8-18-33)28-12-7-11-26-25(28)10-6-4-5-9-22-19-21(2)32-30(36)27(22)20-31-29(26)35/h4,6-7,11-12,19,23-24H,3,5,8-10,13-18,20H2,1-2H3,(H,31,35)(H,32,36)/b6-4+/t23-,24-. The molecule has 2 fully saturated rings. The number of H-pyrrole nitrogens is 1. The first-order valence-electron chi connectivity index (χ1n) is 13.8. The van der Waals surface area contributed by atoms with Gasteiger partial charge in [-0.05, 0) is 108 Å². The molecule has 3 aliphatic rings. The monoisotopic (exact) mass is 488 g/mol. The molecule has 2 N–H and O–H groups in total. The molecule has 36 heavy (non-hydrogen) atoms. The minimum atomic E-state index is -0.107. The van der Waals surface area contributed by atoms with E-state index in [4.69, 9.17) is 0 Å². The van der Waals surface area contributed by atoms with Crippen LogP contribution in [0.1, 0.15) is 78.2 Å². The third-order valence-corrected chi connectivity index (χ3v) is 8.42. The highest BCUT2D eigenvalue weighted by atomic mass is 16.1. The number of allylic oxidation sites excluding steroid dienone is 2. The second-order valence-corrected chi connectivity index (χ2v) is 10.6. The molecule has 1 aliphatic carbocycles. The van der Waals surface area contributed by atoms with Crippen molar-refractivity contribution in [1.29, 1.82) is 0 Å². The van der Waals surface area contributed by atoms with Crippen molar-refractivity contribution in [2.24, 2.45) is 0 Å². The number of carbonyl (C=O) groups excluding carboxylic acids is 1. The predicted molar refractivity (Wildman–Crippen MR) is 146 cm³/mol. The van der Waals surface area contributed by atoms with Gasteiger partial charge in [-0.1, -0.05) is 18.2 Å². The number of aromatic nitrogens is 1. The lowest BCUT2D eigenvalue weighted by Gasteiger charge is -2.45. The minimum Gasteiger partial charge on any atom is -0.369 e. The van der Waals surface area contributed by atoms with Crippen molar-refractivity contribution in [1.82, 2.24) is 15.2 Å². The summed E-state index contributed by atoms with van der Waals surface area (Å²) in [5.74, 6) is -0.107. The van der Waals surface area contributed by atoms with Gasteiger partial charge in [0.05, 0.1) is 0 Å². The highest BCUT2D eigenvalue weighted by Crippen LogP contribution is 2.34. The van der Waals surface area contributed by atoms with Gasteiger partial charge in [0.15, 0.2) is 0 Å². The highest BCUT2D eigenvalue weighted by Gasteiger charge is 2.32. The first-order chi connectivity index (χ1) is 17.5. The van der Waals surface area contributed by atoms with E-state index in [9.17, 15) is 9.59 Å². The number of aromatic amines is 1. The maximum absolute atomic E-state index is 13.4. The zero-order valence-electron chi connectivity index (χ0n) is 21.8. The zero-order chi connectivity index (χ0) is 25.1. The van der Waals surface area contributed by atoms with Crippen LogP contribution >= 0.6 is 0 Å². The summed E-state index contributed by atoms with van der Waals surface area (Å²) in [5.41, 5.74) is 5.43. The molecule has 0 bridgehead atoms. The van der Waals surface area contributed by atoms with E-state index in [0.29, 0.717) is 11.6 Å². The number of carbonyl (C=O) groups is 1. The molecule has 6 nitrogen and oxygen atoms in total. The molecule has 6 heteroatoms. The number of fused-ring (bicyclic) bond motifs is 2. The number of amides is 1. The van der Waals surface area contributed by atoms with Crippen LogP contribution in [0.5, 0.6) is 0 Å². The number of nitrogens with one attached hydrogen (secondary N) is 2. The summed E-state index contributed by atoms with van der Waals surface area (Å²) in [6.07, 6.45) is 13.1. The van der Waals surface area contributed by atoms with Crippen LogP contribution in [0.15, 0.2) is 41.2 Å². The van der Waals surface area contributed by atoms with Crippen LogP contribution in [0, 0.1) is 6.92 Å². The number of rotatable bonds is 4. The fourth-order valence-electron chi connectivity index (χ4n) is 6.36. The van der Waals surface area contributed by atoms with Gasteiger partial charge in [0.1, 0.15) is 0 Å². The second-order valence-electron chi connectivity index (χ2n) is 10.6. The van der Waals surface area contributed by atoms with Crippen molar-refractivity contribution in [3.8, 4) is 0 Å². The average Bonchev–Trinajstić information content (AvgIpc) is 2.83. The van der Waals surface area contributed by atoms with Gasteiger partial charge in [0.25, 0.3) is 11.5 Å². The van der Waals surface area contributed by atoms with E-state index in [2.05, 4.69) is 45.2 Å². The fourth-order valence-corrected chi connectivity index (χ4v) is 6.36. The normalized spacial score (nSPS) is 23.8. The van der Waals surface area contributed by atoms with Gasteiger partial charge in [-0.25, -0.2) is 0 Å². The zero-order valence-corrected chi connectivity index (χ0v) is 21.8. The van der Waals surface area contributed by atoms with E-state index in [0.717, 1.165) is 54.2 Å². The minimum absolute atomic E-state index is 0.105. The van der Waals surface area contributed by atoms with Crippen molar-refractivity contribution in [2.45, 2.75) is 83.8 Å². The Bertz CT molecular complexity index is 1170. The Morgan fingerprint density at radius 1 is 1.06 bits per heavy atom. The van der Waals surface area contributed by atoms with Crippen LogP contribution in [0.3, 0.4) is 0 Å². The molecule has 192 valence electrons. The number of aryl methyl sites for hydroxylation is 2. The maximum atomic E-state index is 13.4. The van der Waals surface area contributed by atoms with Crippen LogP contribution in [-0.2, 0) is 19.4 Å². The number of hydrogen-bond donors (Lipinski definition) is 2. The summed E-state index contributed by atoms with van der Waals surface area (Å²) in [5, 5.41) is 3.06. The van der Waals surface area contributed by atoms with Crippen molar-refractivity contribution < 1.29 is 4.79 Å². The summed E-state index contributed by atoms with van der Waals surface area (Å²) >= 11 is 0. The van der Waals surface area contributed by atoms with Crippen LogP contribution in [0.2, 0.25) is 0 Å². The lowest BCUT2D eigenvalue weighted by molar-refractivity contribution is 0.0866. The van der Waals surface area contributed by atoms with E-state index in [-0.39, 0.29) is 18.0 Å². The quantitative estimate of drug-likeness (QED) is 0.622. The van der Waals surface area contributed by atoms with Gasteiger partial charge in [-0.2, -0.15) is 0 Å². The van der Waals surface area contributed by atoms with Crippen molar-refractivity contribution in [2.75, 3.05) is 24.5 Å². The van der Waals surface area contributed by atoms with Crippen LogP contribution in [0.4, 0.5) is 5.69 Å².